The highest BCUT2D eigenvalue weighted by atomic mass is 19.1. The van der Waals surface area contributed by atoms with Crippen LogP contribution in [0.4, 0.5) is 4.39 Å². The zero-order valence-electron chi connectivity index (χ0n) is 20.6. The molecule has 8 heteroatoms. The number of aryl methyl sites for hydroxylation is 1. The van der Waals surface area contributed by atoms with Crippen molar-refractivity contribution in [3.05, 3.63) is 83.4 Å². The summed E-state index contributed by atoms with van der Waals surface area (Å²) in [5.74, 6) is -0.392. The van der Waals surface area contributed by atoms with Crippen LogP contribution in [0.5, 0.6) is 0 Å². The van der Waals surface area contributed by atoms with E-state index in [-0.39, 0.29) is 17.1 Å². The Morgan fingerprint density at radius 2 is 2.08 bits per heavy atom. The molecular weight excluding hydrogens is 457 g/mol. The number of benzene rings is 2. The van der Waals surface area contributed by atoms with Gasteiger partial charge in [-0.05, 0) is 68.1 Å². The van der Waals surface area contributed by atoms with Crippen molar-refractivity contribution in [3.8, 4) is 11.3 Å². The second-order valence-corrected chi connectivity index (χ2v) is 9.69. The summed E-state index contributed by atoms with van der Waals surface area (Å²) in [5.41, 5.74) is 7.50. The number of methoxy groups -OCH3 is 1. The molecule has 1 amide bonds. The molecule has 1 saturated heterocycles. The molecule has 3 heterocycles. The highest BCUT2D eigenvalue weighted by molar-refractivity contribution is 6.01. The maximum Gasteiger partial charge on any atom is 0.265 e. The topological polar surface area (TPSA) is 83.1 Å². The van der Waals surface area contributed by atoms with Crippen molar-refractivity contribution in [2.45, 2.75) is 26.2 Å². The van der Waals surface area contributed by atoms with Gasteiger partial charge in [0.15, 0.2) is 0 Å². The second kappa shape index (κ2) is 10.2. The molecule has 1 aliphatic rings. The molecule has 0 bridgehead atoms. The van der Waals surface area contributed by atoms with Crippen molar-refractivity contribution in [3.63, 3.8) is 0 Å². The van der Waals surface area contributed by atoms with Crippen LogP contribution in [-0.2, 0) is 11.2 Å². The van der Waals surface area contributed by atoms with Crippen LogP contribution in [0.1, 0.15) is 34.5 Å². The minimum absolute atomic E-state index is 0.186. The van der Waals surface area contributed by atoms with E-state index in [2.05, 4.69) is 20.6 Å². The first-order valence-electron chi connectivity index (χ1n) is 12.2. The Morgan fingerprint density at radius 3 is 2.89 bits per heavy atom. The monoisotopic (exact) mass is 487 g/mol. The fourth-order valence-corrected chi connectivity index (χ4v) is 5.24. The van der Waals surface area contributed by atoms with Gasteiger partial charge in [-0.1, -0.05) is 18.2 Å². The van der Waals surface area contributed by atoms with Crippen LogP contribution >= 0.6 is 0 Å². The van der Waals surface area contributed by atoms with Crippen molar-refractivity contribution in [1.29, 1.82) is 0 Å². The lowest BCUT2D eigenvalue weighted by molar-refractivity contribution is -0.00620. The van der Waals surface area contributed by atoms with Crippen LogP contribution in [0.3, 0.4) is 0 Å². The molecule has 4 aromatic rings. The van der Waals surface area contributed by atoms with Gasteiger partial charge in [-0.25, -0.2) is 9.40 Å². The summed E-state index contributed by atoms with van der Waals surface area (Å²) in [7, 11) is 1.67. The van der Waals surface area contributed by atoms with Crippen LogP contribution in [-0.4, -0.2) is 52.9 Å². The quantitative estimate of drug-likeness (QED) is 0.395. The average molecular weight is 488 g/mol. The molecule has 2 aromatic heterocycles. The number of aromatic nitrogens is 3. The standard InChI is InChI=1S/C28H30FN5O2/c1-19-14-20(10-12-30-19)26-23-15-21(8-9-25(23)31-32-26)27(35)33-34-13-5-11-28(17-34,18-36-2)16-22-6-3-4-7-24(22)29/h3-4,6-10,12,14-15H,5,11,13,16-18H2,1-2H3,(H,31,32)(H,33,35). The van der Waals surface area contributed by atoms with E-state index in [0.29, 0.717) is 30.7 Å². The van der Waals surface area contributed by atoms with Crippen LogP contribution in [0.15, 0.2) is 60.8 Å². The predicted octanol–water partition coefficient (Wildman–Crippen LogP) is 4.69. The van der Waals surface area contributed by atoms with E-state index in [0.717, 1.165) is 47.2 Å². The number of amides is 1. The van der Waals surface area contributed by atoms with Crippen molar-refractivity contribution in [1.82, 2.24) is 25.6 Å². The summed E-state index contributed by atoms with van der Waals surface area (Å²) in [6.45, 7) is 3.73. The predicted molar refractivity (Wildman–Crippen MR) is 137 cm³/mol. The van der Waals surface area contributed by atoms with Gasteiger partial charge >= 0.3 is 0 Å². The molecule has 186 valence electrons. The first kappa shape index (κ1) is 24.1. The van der Waals surface area contributed by atoms with Crippen LogP contribution in [0, 0.1) is 18.2 Å². The summed E-state index contributed by atoms with van der Waals surface area (Å²) in [5, 5.41) is 10.3. The lowest BCUT2D eigenvalue weighted by Crippen LogP contribution is -2.53. The van der Waals surface area contributed by atoms with Crippen LogP contribution < -0.4 is 5.43 Å². The lowest BCUT2D eigenvalue weighted by Gasteiger charge is -2.42. The second-order valence-electron chi connectivity index (χ2n) is 9.69. The fourth-order valence-electron chi connectivity index (χ4n) is 5.24. The third-order valence-corrected chi connectivity index (χ3v) is 6.89. The van der Waals surface area contributed by atoms with Gasteiger partial charge in [0, 0.05) is 54.0 Å². The van der Waals surface area contributed by atoms with E-state index in [9.17, 15) is 9.18 Å². The number of carbonyl (C=O) groups is 1. The third-order valence-electron chi connectivity index (χ3n) is 6.89. The molecule has 1 unspecified atom stereocenters. The normalized spacial score (nSPS) is 18.4. The van der Waals surface area contributed by atoms with Gasteiger partial charge in [0.05, 0.1) is 12.1 Å². The number of halogens is 1. The molecule has 2 N–H and O–H groups in total. The average Bonchev–Trinajstić information content (AvgIpc) is 3.29. The number of ether oxygens (including phenoxy) is 1. The summed E-state index contributed by atoms with van der Waals surface area (Å²) in [6, 6.07) is 16.3. The van der Waals surface area contributed by atoms with Crippen molar-refractivity contribution in [2.24, 2.45) is 5.41 Å². The van der Waals surface area contributed by atoms with E-state index in [1.165, 1.54) is 6.07 Å². The molecule has 0 spiro atoms. The summed E-state index contributed by atoms with van der Waals surface area (Å²) >= 11 is 0. The number of fused-ring (bicyclic) bond motifs is 1. The molecule has 5 rings (SSSR count). The molecule has 7 nitrogen and oxygen atoms in total. The van der Waals surface area contributed by atoms with Crippen molar-refractivity contribution < 1.29 is 13.9 Å². The van der Waals surface area contributed by atoms with E-state index >= 15 is 0 Å². The minimum atomic E-state index is -0.288. The Morgan fingerprint density at radius 1 is 1.22 bits per heavy atom. The lowest BCUT2D eigenvalue weighted by atomic mass is 9.76. The Balaban J connectivity index is 1.35. The van der Waals surface area contributed by atoms with Crippen molar-refractivity contribution >= 4 is 16.8 Å². The molecular formula is C28H30FN5O2. The zero-order valence-corrected chi connectivity index (χ0v) is 20.6. The Bertz CT molecular complexity index is 1380. The van der Waals surface area contributed by atoms with Gasteiger partial charge in [-0.15, -0.1) is 0 Å². The maximum atomic E-state index is 14.4. The fraction of sp³-hybridized carbons (Fsp3) is 0.321. The molecule has 0 aliphatic carbocycles. The molecule has 0 radical (unpaired) electrons. The number of nitrogens with one attached hydrogen (secondary N) is 2. The number of hydrogen-bond acceptors (Lipinski definition) is 5. The van der Waals surface area contributed by atoms with E-state index in [4.69, 9.17) is 4.74 Å². The molecule has 0 saturated carbocycles. The number of hydrogen-bond donors (Lipinski definition) is 2. The number of hydrazine groups is 1. The van der Waals surface area contributed by atoms with Gasteiger partial charge in [0.25, 0.3) is 5.91 Å². The van der Waals surface area contributed by atoms with Crippen molar-refractivity contribution in [2.75, 3.05) is 26.8 Å². The summed E-state index contributed by atoms with van der Waals surface area (Å²) in [4.78, 5) is 17.5. The number of aromatic amines is 1. The van der Waals surface area contributed by atoms with E-state index < -0.39 is 0 Å². The Kier molecular flexibility index (Phi) is 6.80. The van der Waals surface area contributed by atoms with Gasteiger partial charge < -0.3 is 4.74 Å². The molecule has 2 aromatic carbocycles. The van der Waals surface area contributed by atoms with Crippen LogP contribution in [0.25, 0.3) is 22.2 Å². The van der Waals surface area contributed by atoms with Gasteiger partial charge in [-0.2, -0.15) is 5.10 Å². The zero-order chi connectivity index (χ0) is 25.1. The number of nitrogens with zero attached hydrogens (tertiary/aromatic N) is 3. The molecule has 1 aliphatic heterocycles. The van der Waals surface area contributed by atoms with Gasteiger partial charge in [0.1, 0.15) is 11.5 Å². The highest BCUT2D eigenvalue weighted by Gasteiger charge is 2.37. The maximum absolute atomic E-state index is 14.4. The Labute approximate surface area is 209 Å². The third kappa shape index (κ3) is 5.01. The smallest absolute Gasteiger partial charge is 0.265 e. The van der Waals surface area contributed by atoms with Gasteiger partial charge in [0.2, 0.25) is 0 Å². The number of pyridine rings is 1. The number of rotatable bonds is 7. The highest BCUT2D eigenvalue weighted by Crippen LogP contribution is 2.34. The summed E-state index contributed by atoms with van der Waals surface area (Å²) < 4.78 is 20.0. The minimum Gasteiger partial charge on any atom is -0.384 e. The molecule has 1 atom stereocenters. The number of piperidine rings is 1. The number of H-pyrrole nitrogens is 1. The van der Waals surface area contributed by atoms with E-state index in [1.54, 1.807) is 25.4 Å². The van der Waals surface area contributed by atoms with E-state index in [1.807, 2.05) is 48.3 Å². The number of carbonyl (C=O) groups excluding carboxylic acids is 1. The molecule has 36 heavy (non-hydrogen) atoms. The van der Waals surface area contributed by atoms with Crippen LogP contribution in [0.2, 0.25) is 0 Å². The first-order chi connectivity index (χ1) is 17.5. The summed E-state index contributed by atoms with van der Waals surface area (Å²) in [6.07, 6.45) is 4.09. The SMILES string of the molecule is COCC1(Cc2ccccc2F)CCCN(NC(=O)c2ccc3[nH]nc(-c4ccnc(C)c4)c3c2)C1. The van der Waals surface area contributed by atoms with Gasteiger partial charge in [-0.3, -0.25) is 20.3 Å². The Hall–Kier alpha value is -3.62. The molecule has 1 fully saturated rings. The first-order valence-corrected chi connectivity index (χ1v) is 12.2. The largest absolute Gasteiger partial charge is 0.384 e.